The third-order valence-corrected chi connectivity index (χ3v) is 4.76. The molecular formula is C26H22N2O2. The van der Waals surface area contributed by atoms with E-state index in [9.17, 15) is 4.79 Å². The van der Waals surface area contributed by atoms with Gasteiger partial charge in [-0.25, -0.2) is 5.43 Å². The number of fused-ring (bicyclic) bond motifs is 1. The minimum Gasteiger partial charge on any atom is -0.489 e. The van der Waals surface area contributed by atoms with Gasteiger partial charge in [-0.2, -0.15) is 5.10 Å². The molecule has 0 radical (unpaired) electrons. The predicted octanol–water partition coefficient (Wildman–Crippen LogP) is 5.11. The molecule has 4 nitrogen and oxygen atoms in total. The summed E-state index contributed by atoms with van der Waals surface area (Å²) in [5.74, 6) is 0.640. The summed E-state index contributed by atoms with van der Waals surface area (Å²) in [7, 11) is 0. The molecule has 0 fully saturated rings. The van der Waals surface area contributed by atoms with Crippen LogP contribution in [0.1, 0.15) is 16.7 Å². The van der Waals surface area contributed by atoms with Gasteiger partial charge in [0.2, 0.25) is 5.91 Å². The number of carbonyl (C=O) groups is 1. The standard InChI is InChI=1S/C26H22N2O2/c29-26(17-20-7-2-1-3-8-20)28-27-18-21-13-15-24(16-14-21)30-19-23-11-6-10-22-9-4-5-12-25(22)23/h1-16,18H,17,19H2,(H,28,29). The zero-order chi connectivity index (χ0) is 20.6. The highest BCUT2D eigenvalue weighted by molar-refractivity contribution is 5.85. The molecule has 0 atom stereocenters. The molecule has 0 saturated heterocycles. The van der Waals surface area contributed by atoms with Crippen molar-refractivity contribution in [1.82, 2.24) is 5.43 Å². The van der Waals surface area contributed by atoms with Crippen molar-refractivity contribution in [3.8, 4) is 5.75 Å². The zero-order valence-electron chi connectivity index (χ0n) is 16.5. The van der Waals surface area contributed by atoms with Crippen molar-refractivity contribution in [1.29, 1.82) is 0 Å². The van der Waals surface area contributed by atoms with Crippen LogP contribution in [0.5, 0.6) is 5.75 Å². The molecule has 4 aromatic carbocycles. The number of nitrogens with one attached hydrogen (secondary N) is 1. The van der Waals surface area contributed by atoms with Gasteiger partial charge in [0.25, 0.3) is 0 Å². The minimum atomic E-state index is -0.146. The second kappa shape index (κ2) is 9.52. The monoisotopic (exact) mass is 394 g/mol. The Hall–Kier alpha value is -3.92. The summed E-state index contributed by atoms with van der Waals surface area (Å²) < 4.78 is 5.95. The summed E-state index contributed by atoms with van der Waals surface area (Å²) in [5, 5.41) is 6.44. The lowest BCUT2D eigenvalue weighted by Gasteiger charge is -2.09. The lowest BCUT2D eigenvalue weighted by atomic mass is 10.1. The summed E-state index contributed by atoms with van der Waals surface area (Å²) in [5.41, 5.74) is 5.55. The number of hydrogen-bond acceptors (Lipinski definition) is 3. The molecule has 30 heavy (non-hydrogen) atoms. The van der Waals surface area contributed by atoms with Crippen LogP contribution < -0.4 is 10.2 Å². The second-order valence-electron chi connectivity index (χ2n) is 6.95. The highest BCUT2D eigenvalue weighted by Gasteiger charge is 2.03. The number of benzene rings is 4. The molecule has 0 bridgehead atoms. The fourth-order valence-electron chi connectivity index (χ4n) is 3.23. The average Bonchev–Trinajstić information content (AvgIpc) is 2.79. The van der Waals surface area contributed by atoms with Gasteiger partial charge < -0.3 is 4.74 Å². The van der Waals surface area contributed by atoms with Gasteiger partial charge >= 0.3 is 0 Å². The van der Waals surface area contributed by atoms with Gasteiger partial charge in [0.15, 0.2) is 0 Å². The van der Waals surface area contributed by atoms with Crippen molar-refractivity contribution in [2.45, 2.75) is 13.0 Å². The van der Waals surface area contributed by atoms with Gasteiger partial charge in [0.05, 0.1) is 12.6 Å². The Labute approximate surface area is 175 Å². The van der Waals surface area contributed by atoms with E-state index < -0.39 is 0 Å². The summed E-state index contributed by atoms with van der Waals surface area (Å²) in [4.78, 5) is 11.9. The number of nitrogens with zero attached hydrogens (tertiary/aromatic N) is 1. The number of hydrogen-bond donors (Lipinski definition) is 1. The number of hydrazone groups is 1. The van der Waals surface area contributed by atoms with Crippen molar-refractivity contribution >= 4 is 22.9 Å². The van der Waals surface area contributed by atoms with Crippen LogP contribution in [-0.4, -0.2) is 12.1 Å². The van der Waals surface area contributed by atoms with E-state index in [1.165, 1.54) is 10.8 Å². The third kappa shape index (κ3) is 5.11. The highest BCUT2D eigenvalue weighted by Crippen LogP contribution is 2.20. The first-order valence-corrected chi connectivity index (χ1v) is 9.83. The summed E-state index contributed by atoms with van der Waals surface area (Å²) in [6.07, 6.45) is 1.93. The zero-order valence-corrected chi connectivity index (χ0v) is 16.5. The first-order chi connectivity index (χ1) is 14.8. The average molecular weight is 394 g/mol. The number of rotatable bonds is 7. The van der Waals surface area contributed by atoms with Crippen molar-refractivity contribution in [3.63, 3.8) is 0 Å². The van der Waals surface area contributed by atoms with Crippen LogP contribution in [0.4, 0.5) is 0 Å². The molecule has 0 aromatic heterocycles. The smallest absolute Gasteiger partial charge is 0.244 e. The molecule has 0 aliphatic rings. The molecule has 4 aromatic rings. The van der Waals surface area contributed by atoms with Gasteiger partial charge in [0, 0.05) is 0 Å². The highest BCUT2D eigenvalue weighted by atomic mass is 16.5. The Morgan fingerprint density at radius 2 is 1.57 bits per heavy atom. The molecule has 0 aliphatic heterocycles. The first-order valence-electron chi connectivity index (χ1n) is 9.83. The van der Waals surface area contributed by atoms with E-state index in [1.807, 2.05) is 72.8 Å². The quantitative estimate of drug-likeness (QED) is 0.350. The third-order valence-electron chi connectivity index (χ3n) is 4.76. The Balaban J connectivity index is 1.30. The maximum atomic E-state index is 11.9. The SMILES string of the molecule is O=C(Cc1ccccc1)NN=Cc1ccc(OCc2cccc3ccccc23)cc1. The van der Waals surface area contributed by atoms with Crippen LogP contribution in [0.25, 0.3) is 10.8 Å². The Kier molecular flexibility index (Phi) is 6.16. The molecule has 0 unspecified atom stereocenters. The molecule has 1 amide bonds. The fraction of sp³-hybridized carbons (Fsp3) is 0.0769. The maximum absolute atomic E-state index is 11.9. The van der Waals surface area contributed by atoms with E-state index in [0.717, 1.165) is 22.4 Å². The van der Waals surface area contributed by atoms with E-state index in [4.69, 9.17) is 4.74 Å². The molecule has 4 rings (SSSR count). The van der Waals surface area contributed by atoms with Crippen LogP contribution in [-0.2, 0) is 17.8 Å². The molecule has 0 heterocycles. The lowest BCUT2D eigenvalue weighted by molar-refractivity contribution is -0.120. The van der Waals surface area contributed by atoms with E-state index in [0.29, 0.717) is 13.0 Å². The lowest BCUT2D eigenvalue weighted by Crippen LogP contribution is -2.19. The summed E-state index contributed by atoms with van der Waals surface area (Å²) in [6, 6.07) is 31.7. The summed E-state index contributed by atoms with van der Waals surface area (Å²) in [6.45, 7) is 0.504. The largest absolute Gasteiger partial charge is 0.489 e. The topological polar surface area (TPSA) is 50.7 Å². The minimum absolute atomic E-state index is 0.146. The number of ether oxygens (including phenoxy) is 1. The number of carbonyl (C=O) groups excluding carboxylic acids is 1. The van der Waals surface area contributed by atoms with Crippen LogP contribution in [0.3, 0.4) is 0 Å². The first kappa shape index (κ1) is 19.4. The Morgan fingerprint density at radius 3 is 2.40 bits per heavy atom. The van der Waals surface area contributed by atoms with Gasteiger partial charge in [-0.15, -0.1) is 0 Å². The number of amides is 1. The van der Waals surface area contributed by atoms with Gasteiger partial charge in [-0.3, -0.25) is 4.79 Å². The van der Waals surface area contributed by atoms with Crippen LogP contribution in [0.15, 0.2) is 102 Å². The normalized spacial score (nSPS) is 10.9. The van der Waals surface area contributed by atoms with E-state index >= 15 is 0 Å². The van der Waals surface area contributed by atoms with Gasteiger partial charge in [0.1, 0.15) is 12.4 Å². The van der Waals surface area contributed by atoms with Crippen molar-refractivity contribution in [3.05, 3.63) is 114 Å². The molecular weight excluding hydrogens is 372 g/mol. The molecule has 0 spiro atoms. The van der Waals surface area contributed by atoms with E-state index in [1.54, 1.807) is 6.21 Å². The molecule has 0 saturated carbocycles. The molecule has 148 valence electrons. The van der Waals surface area contributed by atoms with Gasteiger partial charge in [-0.1, -0.05) is 72.8 Å². The van der Waals surface area contributed by atoms with Crippen molar-refractivity contribution in [2.24, 2.45) is 5.10 Å². The maximum Gasteiger partial charge on any atom is 0.244 e. The molecule has 4 heteroatoms. The van der Waals surface area contributed by atoms with Crippen LogP contribution >= 0.6 is 0 Å². The van der Waals surface area contributed by atoms with Gasteiger partial charge in [-0.05, 0) is 51.7 Å². The van der Waals surface area contributed by atoms with E-state index in [-0.39, 0.29) is 5.91 Å². The van der Waals surface area contributed by atoms with Crippen LogP contribution in [0.2, 0.25) is 0 Å². The van der Waals surface area contributed by atoms with Crippen molar-refractivity contribution in [2.75, 3.05) is 0 Å². The Bertz CT molecular complexity index is 1150. The second-order valence-corrected chi connectivity index (χ2v) is 6.95. The fourth-order valence-corrected chi connectivity index (χ4v) is 3.23. The molecule has 0 aliphatic carbocycles. The van der Waals surface area contributed by atoms with E-state index in [2.05, 4.69) is 34.8 Å². The van der Waals surface area contributed by atoms with Crippen LogP contribution in [0, 0.1) is 0 Å². The molecule has 1 N–H and O–H groups in total. The van der Waals surface area contributed by atoms with Crippen molar-refractivity contribution < 1.29 is 9.53 Å². The Morgan fingerprint density at radius 1 is 0.833 bits per heavy atom. The predicted molar refractivity (Wildman–Crippen MR) is 121 cm³/mol. The summed E-state index contributed by atoms with van der Waals surface area (Å²) >= 11 is 0.